The lowest BCUT2D eigenvalue weighted by Gasteiger charge is -2.26. The minimum absolute atomic E-state index is 0.0215. The number of H-pyrrole nitrogens is 1. The molecule has 0 radical (unpaired) electrons. The molecule has 1 amide bonds. The summed E-state index contributed by atoms with van der Waals surface area (Å²) in [5.41, 5.74) is 3.87. The number of methoxy groups -OCH3 is 1. The van der Waals surface area contributed by atoms with Crippen LogP contribution in [-0.4, -0.2) is 47.7 Å². The molecule has 6 heteroatoms. The first kappa shape index (κ1) is 20.6. The summed E-state index contributed by atoms with van der Waals surface area (Å²) in [5.74, 6) is -0.611. The molecule has 158 valence electrons. The van der Waals surface area contributed by atoms with Gasteiger partial charge < -0.3 is 14.6 Å². The summed E-state index contributed by atoms with van der Waals surface area (Å²) >= 11 is 0. The molecule has 1 aliphatic rings. The number of fused-ring (bicyclic) bond motifs is 1. The minimum atomic E-state index is -0.463. The Kier molecular flexibility index (Phi) is 5.98. The zero-order valence-electron chi connectivity index (χ0n) is 17.4. The fraction of sp³-hybridized carbons (Fsp3) is 0.240. The third kappa shape index (κ3) is 4.28. The van der Waals surface area contributed by atoms with Crippen molar-refractivity contribution in [3.63, 3.8) is 0 Å². The van der Waals surface area contributed by atoms with Crippen LogP contribution in [0, 0.1) is 0 Å². The first-order valence-electron chi connectivity index (χ1n) is 10.3. The van der Waals surface area contributed by atoms with Crippen molar-refractivity contribution in [2.75, 3.05) is 20.2 Å². The highest BCUT2D eigenvalue weighted by atomic mass is 16.5. The SMILES string of the molecule is COC(=O)c1cccc2c(C(=O)CCC(=O)N3CC=C(c4ccccc4)CC3)c[nH]c12. The van der Waals surface area contributed by atoms with Crippen LogP contribution in [0.1, 0.15) is 45.5 Å². The van der Waals surface area contributed by atoms with E-state index in [1.807, 2.05) is 18.2 Å². The van der Waals surface area contributed by atoms with Crippen LogP contribution in [0.5, 0.6) is 0 Å². The Morgan fingerprint density at radius 3 is 2.52 bits per heavy atom. The molecule has 0 unspecified atom stereocenters. The van der Waals surface area contributed by atoms with Gasteiger partial charge in [-0.15, -0.1) is 0 Å². The van der Waals surface area contributed by atoms with E-state index in [0.717, 1.165) is 6.42 Å². The number of para-hydroxylation sites is 1. The number of rotatable bonds is 6. The fourth-order valence-electron chi connectivity index (χ4n) is 3.99. The van der Waals surface area contributed by atoms with Crippen molar-refractivity contribution in [2.45, 2.75) is 19.3 Å². The number of hydrogen-bond acceptors (Lipinski definition) is 4. The lowest BCUT2D eigenvalue weighted by Crippen LogP contribution is -2.34. The van der Waals surface area contributed by atoms with Gasteiger partial charge in [0.25, 0.3) is 0 Å². The van der Waals surface area contributed by atoms with E-state index in [9.17, 15) is 14.4 Å². The summed E-state index contributed by atoms with van der Waals surface area (Å²) in [6, 6.07) is 15.3. The summed E-state index contributed by atoms with van der Waals surface area (Å²) in [6.07, 6.45) is 4.78. The molecule has 0 aliphatic carbocycles. The first-order chi connectivity index (χ1) is 15.1. The van der Waals surface area contributed by atoms with Gasteiger partial charge in [0.05, 0.1) is 18.2 Å². The van der Waals surface area contributed by atoms with Gasteiger partial charge in [-0.3, -0.25) is 9.59 Å². The Bertz CT molecular complexity index is 1160. The maximum absolute atomic E-state index is 12.8. The standard InChI is InChI=1S/C25H24N2O4/c1-31-25(30)20-9-5-8-19-21(16-26-24(19)20)22(28)10-11-23(29)27-14-12-18(13-15-27)17-6-3-2-4-7-17/h2-9,12,16,26H,10-11,13-15H2,1H3. The maximum atomic E-state index is 12.8. The quantitative estimate of drug-likeness (QED) is 0.482. The molecular weight excluding hydrogens is 392 g/mol. The summed E-state index contributed by atoms with van der Waals surface area (Å²) in [6.45, 7) is 1.22. The van der Waals surface area contributed by atoms with Gasteiger partial charge in [0.2, 0.25) is 5.91 Å². The van der Waals surface area contributed by atoms with Crippen LogP contribution in [-0.2, 0) is 9.53 Å². The topological polar surface area (TPSA) is 79.5 Å². The van der Waals surface area contributed by atoms with Crippen molar-refractivity contribution < 1.29 is 19.1 Å². The average molecular weight is 416 g/mol. The van der Waals surface area contributed by atoms with E-state index in [4.69, 9.17) is 4.74 Å². The van der Waals surface area contributed by atoms with Gasteiger partial charge in [-0.1, -0.05) is 48.5 Å². The molecule has 3 aromatic rings. The molecule has 0 saturated carbocycles. The Labute approximate surface area is 180 Å². The fourth-order valence-corrected chi connectivity index (χ4v) is 3.99. The van der Waals surface area contributed by atoms with Crippen LogP contribution in [0.3, 0.4) is 0 Å². The van der Waals surface area contributed by atoms with Gasteiger partial charge in [0, 0.05) is 43.1 Å². The van der Waals surface area contributed by atoms with Gasteiger partial charge in [0.1, 0.15) is 0 Å². The number of hydrogen-bond donors (Lipinski definition) is 1. The van der Waals surface area contributed by atoms with Crippen LogP contribution in [0.15, 0.2) is 60.8 Å². The summed E-state index contributed by atoms with van der Waals surface area (Å²) in [5, 5.41) is 0.661. The number of aromatic amines is 1. The number of carbonyl (C=O) groups excluding carboxylic acids is 3. The highest BCUT2D eigenvalue weighted by molar-refractivity contribution is 6.12. The predicted octanol–water partition coefficient (Wildman–Crippen LogP) is 4.23. The zero-order chi connectivity index (χ0) is 21.8. The molecule has 0 fully saturated rings. The van der Waals surface area contributed by atoms with Crippen LogP contribution in [0.4, 0.5) is 0 Å². The second-order valence-corrected chi connectivity index (χ2v) is 7.53. The molecule has 1 aliphatic heterocycles. The van der Waals surface area contributed by atoms with Crippen molar-refractivity contribution in [2.24, 2.45) is 0 Å². The molecule has 0 saturated heterocycles. The third-order valence-electron chi connectivity index (χ3n) is 5.69. The van der Waals surface area contributed by atoms with Gasteiger partial charge in [-0.05, 0) is 23.6 Å². The number of amides is 1. The monoisotopic (exact) mass is 416 g/mol. The van der Waals surface area contributed by atoms with Crippen molar-refractivity contribution in [1.29, 1.82) is 0 Å². The molecule has 0 bridgehead atoms. The number of benzene rings is 2. The predicted molar refractivity (Wildman–Crippen MR) is 119 cm³/mol. The molecule has 31 heavy (non-hydrogen) atoms. The van der Waals surface area contributed by atoms with E-state index >= 15 is 0 Å². The van der Waals surface area contributed by atoms with Crippen molar-refractivity contribution >= 4 is 34.1 Å². The van der Waals surface area contributed by atoms with E-state index < -0.39 is 5.97 Å². The number of Topliss-reactive ketones (excluding diaryl/α,β-unsaturated/α-hetero) is 1. The summed E-state index contributed by atoms with van der Waals surface area (Å²) in [7, 11) is 1.32. The molecule has 2 aromatic carbocycles. The Hall–Kier alpha value is -3.67. The van der Waals surface area contributed by atoms with Gasteiger partial charge >= 0.3 is 5.97 Å². The third-order valence-corrected chi connectivity index (χ3v) is 5.69. The maximum Gasteiger partial charge on any atom is 0.339 e. The number of nitrogens with zero attached hydrogens (tertiary/aromatic N) is 1. The molecule has 0 atom stereocenters. The molecule has 1 N–H and O–H groups in total. The first-order valence-corrected chi connectivity index (χ1v) is 10.3. The van der Waals surface area contributed by atoms with Crippen molar-refractivity contribution in [3.05, 3.63) is 77.5 Å². The number of nitrogens with one attached hydrogen (secondary N) is 1. The average Bonchev–Trinajstić information content (AvgIpc) is 3.27. The molecule has 1 aromatic heterocycles. The Morgan fingerprint density at radius 2 is 1.81 bits per heavy atom. The Balaban J connectivity index is 1.39. The lowest BCUT2D eigenvalue weighted by atomic mass is 9.99. The normalized spacial score (nSPS) is 13.7. The summed E-state index contributed by atoms with van der Waals surface area (Å²) in [4.78, 5) is 42.1. The number of carbonyl (C=O) groups is 3. The number of aromatic nitrogens is 1. The molecule has 4 rings (SSSR count). The smallest absolute Gasteiger partial charge is 0.339 e. The largest absolute Gasteiger partial charge is 0.465 e. The van der Waals surface area contributed by atoms with Gasteiger partial charge in [-0.2, -0.15) is 0 Å². The molecular formula is C25H24N2O4. The van der Waals surface area contributed by atoms with Gasteiger partial charge in [-0.25, -0.2) is 4.79 Å². The van der Waals surface area contributed by atoms with E-state index in [2.05, 4.69) is 23.2 Å². The zero-order valence-corrected chi connectivity index (χ0v) is 17.4. The second-order valence-electron chi connectivity index (χ2n) is 7.53. The van der Waals surface area contributed by atoms with Gasteiger partial charge in [0.15, 0.2) is 5.78 Å². The number of ketones is 1. The highest BCUT2D eigenvalue weighted by Crippen LogP contribution is 2.25. The van der Waals surface area contributed by atoms with E-state index in [1.165, 1.54) is 18.2 Å². The van der Waals surface area contributed by atoms with Crippen LogP contribution in [0.25, 0.3) is 16.5 Å². The van der Waals surface area contributed by atoms with Crippen LogP contribution in [0.2, 0.25) is 0 Å². The minimum Gasteiger partial charge on any atom is -0.465 e. The second kappa shape index (κ2) is 9.00. The molecule has 2 heterocycles. The summed E-state index contributed by atoms with van der Waals surface area (Å²) < 4.78 is 4.80. The van der Waals surface area contributed by atoms with Crippen LogP contribution < -0.4 is 0 Å². The Morgan fingerprint density at radius 1 is 1.00 bits per heavy atom. The number of ether oxygens (including phenoxy) is 1. The lowest BCUT2D eigenvalue weighted by molar-refractivity contribution is -0.130. The van der Waals surface area contributed by atoms with E-state index in [1.54, 1.807) is 29.3 Å². The molecule has 6 nitrogen and oxygen atoms in total. The van der Waals surface area contributed by atoms with E-state index in [-0.39, 0.29) is 24.5 Å². The number of esters is 1. The van der Waals surface area contributed by atoms with E-state index in [0.29, 0.717) is 35.1 Å². The van der Waals surface area contributed by atoms with Crippen molar-refractivity contribution in [1.82, 2.24) is 9.88 Å². The van der Waals surface area contributed by atoms with Crippen LogP contribution >= 0.6 is 0 Å². The highest BCUT2D eigenvalue weighted by Gasteiger charge is 2.21. The van der Waals surface area contributed by atoms with Crippen molar-refractivity contribution in [3.8, 4) is 0 Å². The molecule has 0 spiro atoms.